The highest BCUT2D eigenvalue weighted by molar-refractivity contribution is 7.89. The van der Waals surface area contributed by atoms with Gasteiger partial charge in [0, 0.05) is 33.3 Å². The molecule has 0 fully saturated rings. The molecular formula is C14H24N2O3S. The predicted molar refractivity (Wildman–Crippen MR) is 80.1 cm³/mol. The molecule has 1 aromatic rings. The van der Waals surface area contributed by atoms with Gasteiger partial charge in [-0.1, -0.05) is 32.0 Å². The van der Waals surface area contributed by atoms with Crippen molar-refractivity contribution >= 4 is 10.0 Å². The second kappa shape index (κ2) is 7.73. The lowest BCUT2D eigenvalue weighted by molar-refractivity contribution is 0.185. The summed E-state index contributed by atoms with van der Waals surface area (Å²) in [7, 11) is -0.349. The van der Waals surface area contributed by atoms with Crippen LogP contribution in [0, 0.1) is 0 Å². The number of nitrogens with zero attached hydrogens (tertiary/aromatic N) is 1. The fraction of sp³-hybridized carbons (Fsp3) is 0.571. The van der Waals surface area contributed by atoms with E-state index in [2.05, 4.69) is 5.32 Å². The Bertz CT molecular complexity index is 515. The third-order valence-electron chi connectivity index (χ3n) is 2.97. The molecule has 0 spiro atoms. The molecule has 0 aliphatic heterocycles. The molecule has 0 amide bonds. The van der Waals surface area contributed by atoms with Crippen molar-refractivity contribution in [3.05, 3.63) is 29.8 Å². The predicted octanol–water partition coefficient (Wildman–Crippen LogP) is 1.45. The molecule has 20 heavy (non-hydrogen) atoms. The SMILES string of the molecule is COCCN(C)S(=O)(=O)c1ccccc1CNC(C)C. The molecule has 114 valence electrons. The highest BCUT2D eigenvalue weighted by atomic mass is 32.2. The highest BCUT2D eigenvalue weighted by Gasteiger charge is 2.23. The van der Waals surface area contributed by atoms with Gasteiger partial charge in [0.2, 0.25) is 10.0 Å². The monoisotopic (exact) mass is 300 g/mol. The lowest BCUT2D eigenvalue weighted by Gasteiger charge is -2.19. The molecule has 1 rings (SSSR count). The van der Waals surface area contributed by atoms with Crippen LogP contribution in [0.15, 0.2) is 29.2 Å². The van der Waals surface area contributed by atoms with Crippen LogP contribution in [-0.4, -0.2) is 46.1 Å². The summed E-state index contributed by atoms with van der Waals surface area (Å²) in [6.07, 6.45) is 0. The van der Waals surface area contributed by atoms with E-state index in [4.69, 9.17) is 4.74 Å². The van der Waals surface area contributed by atoms with Gasteiger partial charge in [-0.15, -0.1) is 0 Å². The summed E-state index contributed by atoms with van der Waals surface area (Å²) in [4.78, 5) is 0.353. The van der Waals surface area contributed by atoms with Gasteiger partial charge in [-0.3, -0.25) is 0 Å². The second-order valence-corrected chi connectivity index (χ2v) is 6.98. The van der Waals surface area contributed by atoms with Crippen molar-refractivity contribution in [2.45, 2.75) is 31.3 Å². The molecule has 0 aromatic heterocycles. The highest BCUT2D eigenvalue weighted by Crippen LogP contribution is 2.19. The van der Waals surface area contributed by atoms with Crippen molar-refractivity contribution in [2.24, 2.45) is 0 Å². The number of sulfonamides is 1. The maximum absolute atomic E-state index is 12.5. The van der Waals surface area contributed by atoms with E-state index in [1.54, 1.807) is 26.3 Å². The first-order valence-electron chi connectivity index (χ1n) is 6.66. The summed E-state index contributed by atoms with van der Waals surface area (Å²) in [6.45, 7) is 5.31. The Morgan fingerprint density at radius 2 is 1.95 bits per heavy atom. The number of benzene rings is 1. The molecule has 0 aliphatic carbocycles. The third-order valence-corrected chi connectivity index (χ3v) is 4.93. The van der Waals surface area contributed by atoms with Crippen molar-refractivity contribution in [3.63, 3.8) is 0 Å². The van der Waals surface area contributed by atoms with Crippen molar-refractivity contribution in [2.75, 3.05) is 27.3 Å². The summed E-state index contributed by atoms with van der Waals surface area (Å²) in [6, 6.07) is 7.39. The number of methoxy groups -OCH3 is 1. The van der Waals surface area contributed by atoms with Gasteiger partial charge < -0.3 is 10.1 Å². The fourth-order valence-corrected chi connectivity index (χ4v) is 3.10. The number of hydrogen-bond acceptors (Lipinski definition) is 4. The van der Waals surface area contributed by atoms with Crippen molar-refractivity contribution in [1.82, 2.24) is 9.62 Å². The van der Waals surface area contributed by atoms with Gasteiger partial charge >= 0.3 is 0 Å². The number of nitrogens with one attached hydrogen (secondary N) is 1. The summed E-state index contributed by atoms with van der Waals surface area (Å²) in [5.74, 6) is 0. The minimum Gasteiger partial charge on any atom is -0.383 e. The number of rotatable bonds is 8. The molecule has 0 unspecified atom stereocenters. The van der Waals surface area contributed by atoms with Crippen LogP contribution in [0.25, 0.3) is 0 Å². The molecule has 5 nitrogen and oxygen atoms in total. The smallest absolute Gasteiger partial charge is 0.243 e. The minimum atomic E-state index is -3.48. The van der Waals surface area contributed by atoms with Crippen LogP contribution in [0.2, 0.25) is 0 Å². The second-order valence-electron chi connectivity index (χ2n) is 4.96. The van der Waals surface area contributed by atoms with Crippen LogP contribution in [0.4, 0.5) is 0 Å². The molecular weight excluding hydrogens is 276 g/mol. The molecule has 0 saturated carbocycles. The molecule has 1 aromatic carbocycles. The van der Waals surface area contributed by atoms with E-state index < -0.39 is 10.0 Å². The average molecular weight is 300 g/mol. The van der Waals surface area contributed by atoms with Gasteiger partial charge in [-0.2, -0.15) is 4.31 Å². The zero-order valence-corrected chi connectivity index (χ0v) is 13.4. The van der Waals surface area contributed by atoms with Crippen LogP contribution < -0.4 is 5.32 Å². The first kappa shape index (κ1) is 17.1. The Morgan fingerprint density at radius 3 is 2.55 bits per heavy atom. The normalized spacial score (nSPS) is 12.3. The minimum absolute atomic E-state index is 0.303. The van der Waals surface area contributed by atoms with Gasteiger partial charge in [0.15, 0.2) is 0 Å². The lowest BCUT2D eigenvalue weighted by Crippen LogP contribution is -2.31. The maximum atomic E-state index is 12.5. The first-order chi connectivity index (χ1) is 9.39. The van der Waals surface area contributed by atoms with E-state index in [0.29, 0.717) is 30.6 Å². The van der Waals surface area contributed by atoms with Gasteiger partial charge in [-0.05, 0) is 11.6 Å². The summed E-state index contributed by atoms with van der Waals surface area (Å²) < 4.78 is 31.4. The Labute approximate surface area is 122 Å². The number of ether oxygens (including phenoxy) is 1. The first-order valence-corrected chi connectivity index (χ1v) is 8.10. The van der Waals surface area contributed by atoms with Crippen LogP contribution >= 0.6 is 0 Å². The molecule has 6 heteroatoms. The van der Waals surface area contributed by atoms with Gasteiger partial charge in [0.1, 0.15) is 0 Å². The van der Waals surface area contributed by atoms with Crippen LogP contribution in [0.5, 0.6) is 0 Å². The van der Waals surface area contributed by atoms with Crippen molar-refractivity contribution in [3.8, 4) is 0 Å². The van der Waals surface area contributed by atoms with E-state index in [9.17, 15) is 8.42 Å². The van der Waals surface area contributed by atoms with Crippen LogP contribution in [0.1, 0.15) is 19.4 Å². The van der Waals surface area contributed by atoms with Gasteiger partial charge in [0.05, 0.1) is 11.5 Å². The molecule has 0 saturated heterocycles. The van der Waals surface area contributed by atoms with Gasteiger partial charge in [0.25, 0.3) is 0 Å². The van der Waals surface area contributed by atoms with Crippen molar-refractivity contribution in [1.29, 1.82) is 0 Å². The fourth-order valence-electron chi connectivity index (χ4n) is 1.72. The topological polar surface area (TPSA) is 58.6 Å². The Kier molecular flexibility index (Phi) is 6.61. The average Bonchev–Trinajstić information content (AvgIpc) is 2.42. The lowest BCUT2D eigenvalue weighted by atomic mass is 10.2. The Balaban J connectivity index is 2.99. The quantitative estimate of drug-likeness (QED) is 0.789. The zero-order chi connectivity index (χ0) is 15.2. The summed E-state index contributed by atoms with van der Waals surface area (Å²) in [5.41, 5.74) is 0.783. The maximum Gasteiger partial charge on any atom is 0.243 e. The molecule has 0 aliphatic rings. The van der Waals surface area contributed by atoms with E-state index in [1.165, 1.54) is 4.31 Å². The van der Waals surface area contributed by atoms with Gasteiger partial charge in [-0.25, -0.2) is 8.42 Å². The Hall–Kier alpha value is -0.950. The van der Waals surface area contributed by atoms with E-state index >= 15 is 0 Å². The molecule has 0 radical (unpaired) electrons. The molecule has 0 atom stereocenters. The van der Waals surface area contributed by atoms with E-state index in [0.717, 1.165) is 5.56 Å². The van der Waals surface area contributed by atoms with E-state index in [-0.39, 0.29) is 0 Å². The number of hydrogen-bond donors (Lipinski definition) is 1. The molecule has 1 N–H and O–H groups in total. The summed E-state index contributed by atoms with van der Waals surface area (Å²) >= 11 is 0. The largest absolute Gasteiger partial charge is 0.383 e. The van der Waals surface area contributed by atoms with Crippen molar-refractivity contribution < 1.29 is 13.2 Å². The van der Waals surface area contributed by atoms with Crippen LogP contribution in [0.3, 0.4) is 0 Å². The number of likely N-dealkylation sites (N-methyl/N-ethyl adjacent to an activating group) is 1. The van der Waals surface area contributed by atoms with E-state index in [1.807, 2.05) is 26.0 Å². The third kappa shape index (κ3) is 4.56. The molecule has 0 heterocycles. The van der Waals surface area contributed by atoms with Crippen LogP contribution in [-0.2, 0) is 21.3 Å². The Morgan fingerprint density at radius 1 is 1.30 bits per heavy atom. The standard InChI is InChI=1S/C14H24N2O3S/c1-12(2)15-11-13-7-5-6-8-14(13)20(17,18)16(3)9-10-19-4/h5-8,12,15H,9-11H2,1-4H3. The molecule has 0 bridgehead atoms. The summed E-state index contributed by atoms with van der Waals surface area (Å²) in [5, 5.41) is 3.25. The zero-order valence-electron chi connectivity index (χ0n) is 12.6.